The van der Waals surface area contributed by atoms with Gasteiger partial charge in [-0.1, -0.05) is 0 Å². The van der Waals surface area contributed by atoms with Crippen molar-refractivity contribution in [2.45, 2.75) is 13.3 Å². The monoisotopic (exact) mass is 276 g/mol. The second-order valence-corrected chi connectivity index (χ2v) is 4.97. The molecule has 0 bridgehead atoms. The fourth-order valence-corrected chi connectivity index (χ4v) is 2.47. The molecule has 1 aliphatic heterocycles. The van der Waals surface area contributed by atoms with Crippen LogP contribution >= 0.6 is 0 Å². The second-order valence-electron chi connectivity index (χ2n) is 4.97. The molecule has 1 fully saturated rings. The van der Waals surface area contributed by atoms with Crippen molar-refractivity contribution in [2.24, 2.45) is 11.7 Å². The summed E-state index contributed by atoms with van der Waals surface area (Å²) in [6, 6.07) is 5.19. The molecule has 6 nitrogen and oxygen atoms in total. The lowest BCUT2D eigenvalue weighted by molar-refractivity contribution is -0.121. The van der Waals surface area contributed by atoms with E-state index in [0.717, 1.165) is 5.69 Å². The highest BCUT2D eigenvalue weighted by atomic mass is 16.2. The molecule has 0 saturated carbocycles. The quantitative estimate of drug-likeness (QED) is 0.690. The molecule has 0 spiro atoms. The summed E-state index contributed by atoms with van der Waals surface area (Å²) >= 11 is 0. The third-order valence-electron chi connectivity index (χ3n) is 3.54. The first-order chi connectivity index (χ1) is 9.52. The van der Waals surface area contributed by atoms with Crippen LogP contribution in [0.4, 0.5) is 11.4 Å². The molecule has 0 aromatic heterocycles. The molecule has 1 aliphatic rings. The minimum Gasteiger partial charge on any atom is -0.399 e. The van der Waals surface area contributed by atoms with Crippen LogP contribution < -0.4 is 21.7 Å². The van der Waals surface area contributed by atoms with Gasteiger partial charge in [0, 0.05) is 25.3 Å². The molecule has 1 unspecified atom stereocenters. The van der Waals surface area contributed by atoms with Crippen LogP contribution in [-0.4, -0.2) is 31.4 Å². The molecule has 6 heteroatoms. The van der Waals surface area contributed by atoms with Crippen molar-refractivity contribution in [2.75, 3.05) is 30.3 Å². The average molecular weight is 276 g/mol. The Hall–Kier alpha value is -2.24. The summed E-state index contributed by atoms with van der Waals surface area (Å²) in [7, 11) is 0. The molecule has 1 aromatic rings. The fourth-order valence-electron chi connectivity index (χ4n) is 2.47. The maximum atomic E-state index is 12.1. The highest BCUT2D eigenvalue weighted by Gasteiger charge is 2.28. The Kier molecular flexibility index (Phi) is 4.12. The first kappa shape index (κ1) is 14.2. The zero-order chi connectivity index (χ0) is 14.7. The third-order valence-corrected chi connectivity index (χ3v) is 3.54. The standard InChI is InChI=1S/C14H20N4O2/c1-2-17-14(20)11-4-3-10(15)7-12(11)18-6-5-9(8-18)13(16)19/h3-4,7,9H,2,5-6,8,15H2,1H3,(H2,16,19)(H,17,20). The van der Waals surface area contributed by atoms with Crippen LogP contribution in [-0.2, 0) is 4.79 Å². The number of nitrogen functional groups attached to an aromatic ring is 1. The number of rotatable bonds is 4. The van der Waals surface area contributed by atoms with E-state index < -0.39 is 0 Å². The smallest absolute Gasteiger partial charge is 0.253 e. The number of anilines is 2. The molecule has 2 rings (SSSR count). The number of amides is 2. The van der Waals surface area contributed by atoms with E-state index in [4.69, 9.17) is 11.5 Å². The summed E-state index contributed by atoms with van der Waals surface area (Å²) in [5, 5.41) is 2.78. The van der Waals surface area contributed by atoms with Crippen molar-refractivity contribution >= 4 is 23.2 Å². The van der Waals surface area contributed by atoms with Crippen LogP contribution in [0.5, 0.6) is 0 Å². The topological polar surface area (TPSA) is 101 Å². The summed E-state index contributed by atoms with van der Waals surface area (Å²) in [5.41, 5.74) is 13.1. The number of hydrogen-bond donors (Lipinski definition) is 3. The fraction of sp³-hybridized carbons (Fsp3) is 0.429. The molecule has 0 radical (unpaired) electrons. The normalized spacial score (nSPS) is 18.1. The van der Waals surface area contributed by atoms with E-state index in [1.807, 2.05) is 11.8 Å². The lowest BCUT2D eigenvalue weighted by Gasteiger charge is -2.22. The first-order valence-electron chi connectivity index (χ1n) is 6.75. The van der Waals surface area contributed by atoms with Crippen molar-refractivity contribution in [3.63, 3.8) is 0 Å². The Morgan fingerprint density at radius 1 is 1.45 bits per heavy atom. The maximum absolute atomic E-state index is 12.1. The van der Waals surface area contributed by atoms with Crippen LogP contribution in [0, 0.1) is 5.92 Å². The van der Waals surface area contributed by atoms with Crippen LogP contribution in [0.2, 0.25) is 0 Å². The first-order valence-corrected chi connectivity index (χ1v) is 6.75. The highest BCUT2D eigenvalue weighted by molar-refractivity contribution is 6.00. The van der Waals surface area contributed by atoms with Gasteiger partial charge in [0.15, 0.2) is 0 Å². The molecule has 1 heterocycles. The molecule has 1 atom stereocenters. The number of nitrogens with two attached hydrogens (primary N) is 2. The lowest BCUT2D eigenvalue weighted by Crippen LogP contribution is -2.30. The number of nitrogens with zero attached hydrogens (tertiary/aromatic N) is 1. The lowest BCUT2D eigenvalue weighted by atomic mass is 10.1. The van der Waals surface area contributed by atoms with Crippen molar-refractivity contribution in [3.8, 4) is 0 Å². The number of nitrogens with one attached hydrogen (secondary N) is 1. The summed E-state index contributed by atoms with van der Waals surface area (Å²) in [4.78, 5) is 25.3. The van der Waals surface area contributed by atoms with E-state index in [2.05, 4.69) is 5.32 Å². The molecular weight excluding hydrogens is 256 g/mol. The average Bonchev–Trinajstić information content (AvgIpc) is 2.88. The summed E-state index contributed by atoms with van der Waals surface area (Å²) < 4.78 is 0. The van der Waals surface area contributed by atoms with Crippen LogP contribution in [0.3, 0.4) is 0 Å². The van der Waals surface area contributed by atoms with E-state index in [1.54, 1.807) is 18.2 Å². The molecule has 1 saturated heterocycles. The van der Waals surface area contributed by atoms with Gasteiger partial charge in [-0.05, 0) is 31.5 Å². The molecule has 1 aromatic carbocycles. The number of primary amides is 1. The molecule has 5 N–H and O–H groups in total. The van der Waals surface area contributed by atoms with E-state index >= 15 is 0 Å². The van der Waals surface area contributed by atoms with E-state index in [9.17, 15) is 9.59 Å². The third kappa shape index (κ3) is 2.84. The van der Waals surface area contributed by atoms with Gasteiger partial charge in [-0.15, -0.1) is 0 Å². The Labute approximate surface area is 118 Å². The van der Waals surface area contributed by atoms with Gasteiger partial charge in [-0.3, -0.25) is 9.59 Å². The van der Waals surface area contributed by atoms with Gasteiger partial charge in [-0.2, -0.15) is 0 Å². The van der Waals surface area contributed by atoms with E-state index in [-0.39, 0.29) is 17.7 Å². The van der Waals surface area contributed by atoms with E-state index in [0.29, 0.717) is 37.3 Å². The van der Waals surface area contributed by atoms with Gasteiger partial charge in [0.05, 0.1) is 17.2 Å². The highest BCUT2D eigenvalue weighted by Crippen LogP contribution is 2.29. The Morgan fingerprint density at radius 2 is 2.20 bits per heavy atom. The van der Waals surface area contributed by atoms with Gasteiger partial charge in [0.2, 0.25) is 5.91 Å². The Bertz CT molecular complexity index is 530. The SMILES string of the molecule is CCNC(=O)c1ccc(N)cc1N1CCC(C(N)=O)C1. The Morgan fingerprint density at radius 3 is 2.80 bits per heavy atom. The van der Waals surface area contributed by atoms with Gasteiger partial charge < -0.3 is 21.7 Å². The summed E-state index contributed by atoms with van der Waals surface area (Å²) in [6.07, 6.45) is 0.707. The van der Waals surface area contributed by atoms with Crippen molar-refractivity contribution in [3.05, 3.63) is 23.8 Å². The number of hydrogen-bond acceptors (Lipinski definition) is 4. The van der Waals surface area contributed by atoms with Gasteiger partial charge >= 0.3 is 0 Å². The Balaban J connectivity index is 2.28. The largest absolute Gasteiger partial charge is 0.399 e. The molecule has 0 aliphatic carbocycles. The number of benzene rings is 1. The molecule has 20 heavy (non-hydrogen) atoms. The van der Waals surface area contributed by atoms with E-state index in [1.165, 1.54) is 0 Å². The molecule has 2 amide bonds. The zero-order valence-electron chi connectivity index (χ0n) is 11.6. The number of carbonyl (C=O) groups is 2. The van der Waals surface area contributed by atoms with Crippen LogP contribution in [0.1, 0.15) is 23.7 Å². The van der Waals surface area contributed by atoms with Crippen LogP contribution in [0.15, 0.2) is 18.2 Å². The zero-order valence-corrected chi connectivity index (χ0v) is 11.6. The predicted octanol–water partition coefficient (Wildman–Crippen LogP) is 0.330. The minimum absolute atomic E-state index is 0.134. The molecule has 108 valence electrons. The summed E-state index contributed by atoms with van der Waals surface area (Å²) in [6.45, 7) is 3.66. The van der Waals surface area contributed by atoms with Gasteiger partial charge in [-0.25, -0.2) is 0 Å². The predicted molar refractivity (Wildman–Crippen MR) is 78.4 cm³/mol. The van der Waals surface area contributed by atoms with Crippen molar-refractivity contribution < 1.29 is 9.59 Å². The van der Waals surface area contributed by atoms with Gasteiger partial charge in [0.25, 0.3) is 5.91 Å². The van der Waals surface area contributed by atoms with Gasteiger partial charge in [0.1, 0.15) is 0 Å². The summed E-state index contributed by atoms with van der Waals surface area (Å²) in [5.74, 6) is -0.598. The minimum atomic E-state index is -0.295. The number of carbonyl (C=O) groups excluding carboxylic acids is 2. The van der Waals surface area contributed by atoms with Crippen molar-refractivity contribution in [1.82, 2.24) is 5.32 Å². The van der Waals surface area contributed by atoms with Crippen LogP contribution in [0.25, 0.3) is 0 Å². The second kappa shape index (κ2) is 5.81. The molecular formula is C14H20N4O2. The van der Waals surface area contributed by atoms with Crippen molar-refractivity contribution in [1.29, 1.82) is 0 Å². The maximum Gasteiger partial charge on any atom is 0.253 e.